The van der Waals surface area contributed by atoms with E-state index in [1.54, 1.807) is 0 Å². The van der Waals surface area contributed by atoms with E-state index in [0.29, 0.717) is 5.92 Å². The first-order chi connectivity index (χ1) is 8.88. The van der Waals surface area contributed by atoms with Crippen LogP contribution in [0.2, 0.25) is 0 Å². The van der Waals surface area contributed by atoms with Crippen molar-refractivity contribution in [3.63, 3.8) is 0 Å². The summed E-state index contributed by atoms with van der Waals surface area (Å²) in [6.07, 6.45) is 1.31. The van der Waals surface area contributed by atoms with Crippen LogP contribution in [-0.4, -0.2) is 24.7 Å². The van der Waals surface area contributed by atoms with Gasteiger partial charge in [-0.1, -0.05) is 32.9 Å². The maximum absolute atomic E-state index is 10.7. The fraction of sp³-hybridized carbons (Fsp3) is 0.562. The second-order valence-corrected chi connectivity index (χ2v) is 5.85. The summed E-state index contributed by atoms with van der Waals surface area (Å²) in [6, 6.07) is 8.55. The predicted molar refractivity (Wildman–Crippen MR) is 79.7 cm³/mol. The van der Waals surface area contributed by atoms with Crippen molar-refractivity contribution < 1.29 is 9.90 Å². The third-order valence-corrected chi connectivity index (χ3v) is 3.13. The number of carboxylic acid groups (broad SMARTS) is 1. The van der Waals surface area contributed by atoms with Crippen molar-refractivity contribution in [3.8, 4) is 0 Å². The van der Waals surface area contributed by atoms with E-state index in [-0.39, 0.29) is 12.3 Å². The number of anilines is 1. The van der Waals surface area contributed by atoms with Crippen LogP contribution in [0.3, 0.4) is 0 Å². The molecule has 0 spiro atoms. The van der Waals surface area contributed by atoms with Gasteiger partial charge in [0.15, 0.2) is 0 Å². The Bertz CT molecular complexity index is 398. The van der Waals surface area contributed by atoms with Crippen molar-refractivity contribution in [2.45, 2.75) is 33.6 Å². The summed E-state index contributed by atoms with van der Waals surface area (Å²) in [5.41, 5.74) is 2.50. The van der Waals surface area contributed by atoms with E-state index in [9.17, 15) is 4.79 Å². The van der Waals surface area contributed by atoms with Gasteiger partial charge in [0.1, 0.15) is 0 Å². The van der Waals surface area contributed by atoms with Gasteiger partial charge >= 0.3 is 5.97 Å². The number of rotatable bonds is 7. The number of hydrogen-bond donors (Lipinski definition) is 1. The molecule has 0 amide bonds. The first-order valence-electron chi connectivity index (χ1n) is 6.90. The number of carbonyl (C=O) groups is 1. The molecule has 0 heterocycles. The lowest BCUT2D eigenvalue weighted by atomic mass is 10.0. The van der Waals surface area contributed by atoms with Gasteiger partial charge in [0, 0.05) is 25.7 Å². The minimum atomic E-state index is -0.729. The maximum atomic E-state index is 10.7. The van der Waals surface area contributed by atoms with Crippen LogP contribution in [0.25, 0.3) is 0 Å². The SMILES string of the molecule is CC(C)Cc1ccc(N(C)CC(C)CC(=O)O)cc1. The van der Waals surface area contributed by atoms with Gasteiger partial charge in [-0.3, -0.25) is 4.79 Å². The highest BCUT2D eigenvalue weighted by Gasteiger charge is 2.11. The monoisotopic (exact) mass is 263 g/mol. The number of hydrogen-bond acceptors (Lipinski definition) is 2. The Morgan fingerprint density at radius 3 is 2.26 bits per heavy atom. The van der Waals surface area contributed by atoms with Crippen LogP contribution in [0.15, 0.2) is 24.3 Å². The normalized spacial score (nSPS) is 12.5. The molecule has 1 rings (SSSR count). The highest BCUT2D eigenvalue weighted by atomic mass is 16.4. The van der Waals surface area contributed by atoms with Gasteiger partial charge in [-0.2, -0.15) is 0 Å². The van der Waals surface area contributed by atoms with Crippen LogP contribution >= 0.6 is 0 Å². The minimum absolute atomic E-state index is 0.151. The molecular weight excluding hydrogens is 238 g/mol. The van der Waals surface area contributed by atoms with Crippen molar-refractivity contribution in [3.05, 3.63) is 29.8 Å². The fourth-order valence-electron chi connectivity index (χ4n) is 2.29. The van der Waals surface area contributed by atoms with Gasteiger partial charge in [0.05, 0.1) is 0 Å². The summed E-state index contributed by atoms with van der Waals surface area (Å²) in [5, 5.41) is 8.77. The maximum Gasteiger partial charge on any atom is 0.303 e. The Labute approximate surface area is 116 Å². The average Bonchev–Trinajstić information content (AvgIpc) is 2.27. The minimum Gasteiger partial charge on any atom is -0.481 e. The second-order valence-electron chi connectivity index (χ2n) is 5.85. The topological polar surface area (TPSA) is 40.5 Å². The quantitative estimate of drug-likeness (QED) is 0.819. The van der Waals surface area contributed by atoms with E-state index < -0.39 is 5.97 Å². The molecule has 1 atom stereocenters. The Balaban J connectivity index is 2.57. The molecule has 0 radical (unpaired) electrons. The van der Waals surface area contributed by atoms with E-state index in [2.05, 4.69) is 43.0 Å². The molecule has 1 aromatic rings. The molecule has 0 aromatic heterocycles. The first-order valence-corrected chi connectivity index (χ1v) is 6.90. The average molecular weight is 263 g/mol. The number of nitrogens with zero attached hydrogens (tertiary/aromatic N) is 1. The lowest BCUT2D eigenvalue weighted by Crippen LogP contribution is -2.25. The van der Waals surface area contributed by atoms with E-state index in [0.717, 1.165) is 18.7 Å². The zero-order valence-electron chi connectivity index (χ0n) is 12.4. The lowest BCUT2D eigenvalue weighted by Gasteiger charge is -2.23. The molecule has 1 unspecified atom stereocenters. The zero-order chi connectivity index (χ0) is 14.4. The van der Waals surface area contributed by atoms with Crippen LogP contribution in [0.1, 0.15) is 32.8 Å². The van der Waals surface area contributed by atoms with E-state index in [1.807, 2.05) is 14.0 Å². The van der Waals surface area contributed by atoms with Gasteiger partial charge < -0.3 is 10.0 Å². The molecule has 0 saturated carbocycles. The van der Waals surface area contributed by atoms with Crippen LogP contribution in [0.5, 0.6) is 0 Å². The molecule has 3 heteroatoms. The Hall–Kier alpha value is -1.51. The predicted octanol–water partition coefficient (Wildman–Crippen LogP) is 3.43. The number of carboxylic acids is 1. The second kappa shape index (κ2) is 7.17. The third kappa shape index (κ3) is 5.77. The van der Waals surface area contributed by atoms with Crippen molar-refractivity contribution in [1.29, 1.82) is 0 Å². The molecule has 106 valence electrons. The summed E-state index contributed by atoms with van der Waals surface area (Å²) in [4.78, 5) is 12.8. The van der Waals surface area contributed by atoms with Crippen molar-refractivity contribution >= 4 is 11.7 Å². The van der Waals surface area contributed by atoms with Crippen LogP contribution in [0, 0.1) is 11.8 Å². The Morgan fingerprint density at radius 1 is 1.21 bits per heavy atom. The molecule has 3 nitrogen and oxygen atoms in total. The fourth-order valence-corrected chi connectivity index (χ4v) is 2.29. The summed E-state index contributed by atoms with van der Waals surface area (Å²) < 4.78 is 0. The number of benzene rings is 1. The van der Waals surface area contributed by atoms with E-state index in [4.69, 9.17) is 5.11 Å². The smallest absolute Gasteiger partial charge is 0.303 e. The van der Waals surface area contributed by atoms with Crippen molar-refractivity contribution in [2.75, 3.05) is 18.5 Å². The lowest BCUT2D eigenvalue weighted by molar-refractivity contribution is -0.137. The molecule has 0 saturated heterocycles. The zero-order valence-corrected chi connectivity index (χ0v) is 12.4. The number of aliphatic carboxylic acids is 1. The van der Waals surface area contributed by atoms with E-state index >= 15 is 0 Å². The summed E-state index contributed by atoms with van der Waals surface area (Å²) in [7, 11) is 2.01. The molecular formula is C16H25NO2. The summed E-state index contributed by atoms with van der Waals surface area (Å²) >= 11 is 0. The first kappa shape index (κ1) is 15.5. The van der Waals surface area contributed by atoms with Gasteiger partial charge in [0.2, 0.25) is 0 Å². The van der Waals surface area contributed by atoms with Gasteiger partial charge in [-0.25, -0.2) is 0 Å². The van der Waals surface area contributed by atoms with Crippen LogP contribution in [-0.2, 0) is 11.2 Å². The molecule has 0 bridgehead atoms. The molecule has 0 aliphatic carbocycles. The van der Waals surface area contributed by atoms with Gasteiger partial charge in [0.25, 0.3) is 0 Å². The van der Waals surface area contributed by atoms with E-state index in [1.165, 1.54) is 5.56 Å². The Morgan fingerprint density at radius 2 is 1.79 bits per heavy atom. The molecule has 0 fully saturated rings. The van der Waals surface area contributed by atoms with Gasteiger partial charge in [-0.15, -0.1) is 0 Å². The molecule has 19 heavy (non-hydrogen) atoms. The molecule has 1 aromatic carbocycles. The third-order valence-electron chi connectivity index (χ3n) is 3.13. The van der Waals surface area contributed by atoms with Gasteiger partial charge in [-0.05, 0) is 36.0 Å². The largest absolute Gasteiger partial charge is 0.481 e. The highest BCUT2D eigenvalue weighted by Crippen LogP contribution is 2.17. The van der Waals surface area contributed by atoms with Crippen molar-refractivity contribution in [1.82, 2.24) is 0 Å². The molecule has 1 N–H and O–H groups in total. The summed E-state index contributed by atoms with van der Waals surface area (Å²) in [6.45, 7) is 7.16. The van der Waals surface area contributed by atoms with Crippen LogP contribution in [0.4, 0.5) is 5.69 Å². The Kier molecular flexibility index (Phi) is 5.87. The summed E-state index contributed by atoms with van der Waals surface area (Å²) in [5.74, 6) is 0.0881. The van der Waals surface area contributed by atoms with Crippen molar-refractivity contribution in [2.24, 2.45) is 11.8 Å². The highest BCUT2D eigenvalue weighted by molar-refractivity contribution is 5.67. The standard InChI is InChI=1S/C16H25NO2/c1-12(2)9-14-5-7-15(8-6-14)17(4)11-13(3)10-16(18)19/h5-8,12-13H,9-11H2,1-4H3,(H,18,19). The molecule has 0 aliphatic rings. The molecule has 0 aliphatic heterocycles. The van der Waals surface area contributed by atoms with Crippen LogP contribution < -0.4 is 4.90 Å².